The Hall–Kier alpha value is -2.49. The topological polar surface area (TPSA) is 85.4 Å². The highest BCUT2D eigenvalue weighted by atomic mass is 16.5. The molecule has 0 aromatic heterocycles. The Morgan fingerprint density at radius 3 is 2.21 bits per heavy atom. The summed E-state index contributed by atoms with van der Waals surface area (Å²) in [6.07, 6.45) is 8.48. The maximum atomic E-state index is 13.0. The van der Waals surface area contributed by atoms with E-state index in [-0.39, 0.29) is 24.1 Å². The van der Waals surface area contributed by atoms with Gasteiger partial charge in [0, 0.05) is 69.5 Å². The molecule has 0 saturated carbocycles. The summed E-state index contributed by atoms with van der Waals surface area (Å²) in [5, 5.41) is 2.38. The molecule has 1 N–H and O–H groups in total. The molecule has 38 heavy (non-hydrogen) atoms. The van der Waals surface area contributed by atoms with Gasteiger partial charge in [0.25, 0.3) is 5.91 Å². The largest absolute Gasteiger partial charge is 0.375 e. The third-order valence-electron chi connectivity index (χ3n) is 9.38. The highest BCUT2D eigenvalue weighted by Crippen LogP contribution is 2.32. The van der Waals surface area contributed by atoms with Crippen molar-refractivity contribution < 1.29 is 19.1 Å². The summed E-state index contributed by atoms with van der Waals surface area (Å²) in [7, 11) is 2.20. The van der Waals surface area contributed by atoms with Gasteiger partial charge in [-0.25, -0.2) is 0 Å². The summed E-state index contributed by atoms with van der Waals surface area (Å²) in [4.78, 5) is 46.0. The molecule has 4 saturated heterocycles. The predicted molar refractivity (Wildman–Crippen MR) is 144 cm³/mol. The number of likely N-dealkylation sites (tertiary alicyclic amines) is 2. The molecule has 0 radical (unpaired) electrons. The van der Waals surface area contributed by atoms with Crippen LogP contribution in [0.3, 0.4) is 0 Å². The quantitative estimate of drug-likeness (QED) is 0.591. The molecule has 0 aliphatic carbocycles. The fourth-order valence-electron chi connectivity index (χ4n) is 7.02. The molecular formula is C29H41N5O4. The van der Waals surface area contributed by atoms with E-state index in [0.29, 0.717) is 36.8 Å². The number of ether oxygens (including phenoxy) is 1. The molecule has 206 valence electrons. The molecule has 0 bridgehead atoms. The van der Waals surface area contributed by atoms with E-state index in [9.17, 15) is 14.4 Å². The first kappa shape index (κ1) is 25.8. The minimum Gasteiger partial charge on any atom is -0.375 e. The molecule has 1 aromatic carbocycles. The lowest BCUT2D eigenvalue weighted by Crippen LogP contribution is -2.52. The van der Waals surface area contributed by atoms with Crippen LogP contribution >= 0.6 is 0 Å². The Kier molecular flexibility index (Phi) is 7.42. The average Bonchev–Trinajstić information content (AvgIpc) is 3.26. The summed E-state index contributed by atoms with van der Waals surface area (Å²) >= 11 is 0. The van der Waals surface area contributed by atoms with Crippen molar-refractivity contribution in [1.82, 2.24) is 20.0 Å². The maximum absolute atomic E-state index is 13.0. The number of hydrogen-bond acceptors (Lipinski definition) is 7. The first-order chi connectivity index (χ1) is 18.4. The number of nitrogens with zero attached hydrogens (tertiary/aromatic N) is 4. The van der Waals surface area contributed by atoms with Gasteiger partial charge >= 0.3 is 0 Å². The second-order valence-electron chi connectivity index (χ2n) is 11.8. The molecule has 9 nitrogen and oxygen atoms in total. The Morgan fingerprint density at radius 2 is 1.53 bits per heavy atom. The Balaban J connectivity index is 0.988. The minimum atomic E-state index is -0.564. The van der Waals surface area contributed by atoms with E-state index in [1.807, 2.05) is 6.07 Å². The Morgan fingerprint density at radius 1 is 0.842 bits per heavy atom. The summed E-state index contributed by atoms with van der Waals surface area (Å²) in [5.74, 6) is -0.725. The van der Waals surface area contributed by atoms with Crippen LogP contribution in [-0.4, -0.2) is 103 Å². The first-order valence-electron chi connectivity index (χ1n) is 14.5. The van der Waals surface area contributed by atoms with E-state index in [4.69, 9.17) is 4.74 Å². The molecule has 9 heteroatoms. The molecule has 5 aliphatic heterocycles. The van der Waals surface area contributed by atoms with Gasteiger partial charge in [-0.15, -0.1) is 0 Å². The van der Waals surface area contributed by atoms with Gasteiger partial charge in [-0.05, 0) is 75.8 Å². The van der Waals surface area contributed by atoms with Crippen LogP contribution < -0.4 is 10.2 Å². The number of rotatable bonds is 5. The predicted octanol–water partition coefficient (Wildman–Crippen LogP) is 1.99. The molecular weight excluding hydrogens is 482 g/mol. The van der Waals surface area contributed by atoms with Crippen molar-refractivity contribution >= 4 is 23.4 Å². The molecule has 4 fully saturated rings. The molecule has 1 atom stereocenters. The van der Waals surface area contributed by atoms with Crippen LogP contribution in [-0.2, 0) is 20.9 Å². The van der Waals surface area contributed by atoms with Crippen LogP contribution in [0.2, 0.25) is 0 Å². The lowest BCUT2D eigenvalue weighted by Gasteiger charge is -2.43. The number of carbonyl (C=O) groups excluding carboxylic acids is 3. The van der Waals surface area contributed by atoms with Gasteiger partial charge in [0.2, 0.25) is 11.8 Å². The maximum Gasteiger partial charge on any atom is 0.255 e. The van der Waals surface area contributed by atoms with Crippen LogP contribution in [0.25, 0.3) is 0 Å². The fraction of sp³-hybridized carbons (Fsp3) is 0.690. The normalized spacial score (nSPS) is 27.2. The van der Waals surface area contributed by atoms with Crippen molar-refractivity contribution in [3.63, 3.8) is 0 Å². The number of carbonyl (C=O) groups is 3. The number of nitrogens with one attached hydrogen (secondary N) is 1. The van der Waals surface area contributed by atoms with Crippen LogP contribution in [0.15, 0.2) is 18.2 Å². The molecule has 0 spiro atoms. The van der Waals surface area contributed by atoms with Crippen molar-refractivity contribution in [2.75, 3.05) is 51.2 Å². The molecule has 5 heterocycles. The average molecular weight is 524 g/mol. The summed E-state index contributed by atoms with van der Waals surface area (Å²) < 4.78 is 6.47. The Bertz CT molecular complexity index is 1060. The highest BCUT2D eigenvalue weighted by Gasteiger charge is 2.39. The third kappa shape index (κ3) is 5.33. The summed E-state index contributed by atoms with van der Waals surface area (Å²) in [6.45, 7) is 7.04. The smallest absolute Gasteiger partial charge is 0.255 e. The van der Waals surface area contributed by atoms with Crippen molar-refractivity contribution in [2.24, 2.45) is 0 Å². The van der Waals surface area contributed by atoms with E-state index in [2.05, 4.69) is 39.2 Å². The number of anilines is 1. The third-order valence-corrected chi connectivity index (χ3v) is 9.38. The van der Waals surface area contributed by atoms with Gasteiger partial charge in [-0.2, -0.15) is 0 Å². The zero-order chi connectivity index (χ0) is 26.2. The standard InChI is InChI=1S/C29H41N5O4/c1-31-12-8-23(9-13-31)38-24-10-16-32(17-11-24)21-6-14-33(15-7-21)22-2-3-25-20(18-22)19-34(29(25)37)26-4-5-27(35)30-28(26)36/h2-3,18,21,23-24,26H,4-17,19H2,1H3,(H,30,35,36)/t26-/m0/s1. The van der Waals surface area contributed by atoms with Gasteiger partial charge in [0.15, 0.2) is 0 Å². The van der Waals surface area contributed by atoms with Crippen LogP contribution in [0.4, 0.5) is 5.69 Å². The van der Waals surface area contributed by atoms with E-state index >= 15 is 0 Å². The number of hydrogen-bond donors (Lipinski definition) is 1. The van der Waals surface area contributed by atoms with Crippen molar-refractivity contribution in [3.05, 3.63) is 29.3 Å². The number of amides is 3. The molecule has 6 rings (SSSR count). The van der Waals surface area contributed by atoms with Gasteiger partial charge in [-0.1, -0.05) is 0 Å². The van der Waals surface area contributed by atoms with Gasteiger partial charge < -0.3 is 24.3 Å². The number of benzene rings is 1. The second kappa shape index (κ2) is 10.9. The minimum absolute atomic E-state index is 0.108. The van der Waals surface area contributed by atoms with Gasteiger partial charge in [0.1, 0.15) is 6.04 Å². The van der Waals surface area contributed by atoms with Crippen molar-refractivity contribution in [1.29, 1.82) is 0 Å². The zero-order valence-corrected chi connectivity index (χ0v) is 22.6. The monoisotopic (exact) mass is 523 g/mol. The Labute approximate surface area is 225 Å². The molecule has 3 amide bonds. The number of fused-ring (bicyclic) bond motifs is 1. The number of piperidine rings is 4. The van der Waals surface area contributed by atoms with Crippen LogP contribution in [0.5, 0.6) is 0 Å². The second-order valence-corrected chi connectivity index (χ2v) is 11.8. The van der Waals surface area contributed by atoms with Gasteiger partial charge in [-0.3, -0.25) is 19.7 Å². The van der Waals surface area contributed by atoms with Crippen LogP contribution in [0, 0.1) is 0 Å². The molecule has 1 aromatic rings. The van der Waals surface area contributed by atoms with Crippen molar-refractivity contribution in [2.45, 2.75) is 82.2 Å². The zero-order valence-electron chi connectivity index (χ0n) is 22.6. The summed E-state index contributed by atoms with van der Waals surface area (Å²) in [6, 6.07) is 6.17. The van der Waals surface area contributed by atoms with E-state index in [0.717, 1.165) is 76.2 Å². The molecule has 0 unspecified atom stereocenters. The van der Waals surface area contributed by atoms with Crippen molar-refractivity contribution in [3.8, 4) is 0 Å². The highest BCUT2D eigenvalue weighted by molar-refractivity contribution is 6.05. The molecule has 5 aliphatic rings. The van der Waals surface area contributed by atoms with E-state index in [1.165, 1.54) is 12.8 Å². The first-order valence-corrected chi connectivity index (χ1v) is 14.5. The van der Waals surface area contributed by atoms with Crippen LogP contribution in [0.1, 0.15) is 67.3 Å². The van der Waals surface area contributed by atoms with Gasteiger partial charge in [0.05, 0.1) is 12.2 Å². The lowest BCUT2D eigenvalue weighted by atomic mass is 9.97. The van der Waals surface area contributed by atoms with E-state index < -0.39 is 6.04 Å². The SMILES string of the molecule is CN1CCC(OC2CCN(C3CCN(c4ccc5c(c4)CN([C@H]4CCC(=O)NC4=O)C5=O)CC3)CC2)CC1. The lowest BCUT2D eigenvalue weighted by molar-refractivity contribution is -0.136. The summed E-state index contributed by atoms with van der Waals surface area (Å²) in [5.41, 5.74) is 2.81. The fourth-order valence-corrected chi connectivity index (χ4v) is 7.02. The number of imide groups is 1. The van der Waals surface area contributed by atoms with E-state index in [1.54, 1.807) is 4.90 Å².